The number of amidine groups is 1. The summed E-state index contributed by atoms with van der Waals surface area (Å²) in [6.07, 6.45) is 1.48. The van der Waals surface area contributed by atoms with E-state index in [1.165, 1.54) is 18.3 Å². The lowest BCUT2D eigenvalue weighted by Crippen LogP contribution is -2.37. The Bertz CT molecular complexity index is 996. The normalized spacial score (nSPS) is 16.0. The van der Waals surface area contributed by atoms with Gasteiger partial charge in [-0.3, -0.25) is 4.99 Å². The van der Waals surface area contributed by atoms with Gasteiger partial charge < -0.3 is 19.5 Å². The number of aromatic nitrogens is 1. The van der Waals surface area contributed by atoms with E-state index in [9.17, 15) is 9.18 Å². The molecular weight excluding hydrogens is 469 g/mol. The Kier molecular flexibility index (Phi) is 8.27. The first-order chi connectivity index (χ1) is 15.1. The summed E-state index contributed by atoms with van der Waals surface area (Å²) in [5, 5.41) is 3.04. The van der Waals surface area contributed by atoms with E-state index in [1.54, 1.807) is 14.0 Å². The van der Waals surface area contributed by atoms with Gasteiger partial charge in [0.1, 0.15) is 11.7 Å². The van der Waals surface area contributed by atoms with Crippen LogP contribution in [-0.4, -0.2) is 50.3 Å². The summed E-state index contributed by atoms with van der Waals surface area (Å²) in [5.74, 6) is -0.846. The summed E-state index contributed by atoms with van der Waals surface area (Å²) in [6, 6.07) is 9.47. The summed E-state index contributed by atoms with van der Waals surface area (Å²) in [7, 11) is 1.57. The van der Waals surface area contributed by atoms with Crippen LogP contribution in [-0.2, 0) is 19.0 Å². The first-order valence-electron chi connectivity index (χ1n) is 9.73. The minimum absolute atomic E-state index is 0.0526. The van der Waals surface area contributed by atoms with Gasteiger partial charge >= 0.3 is 5.97 Å². The molecule has 1 atom stereocenters. The zero-order chi connectivity index (χ0) is 22.2. The van der Waals surface area contributed by atoms with E-state index in [0.29, 0.717) is 24.5 Å². The lowest BCUT2D eigenvalue weighted by molar-refractivity contribution is -0.139. The Hall–Kier alpha value is -2.62. The average Bonchev–Trinajstić information content (AvgIpc) is 2.77. The minimum Gasteiger partial charge on any atom is -0.463 e. The molecule has 0 amide bonds. The molecule has 3 rings (SSSR count). The standard InChI is InChI=1S/C22H23BrFN3O4/c1-3-31-22(28)18-17(13-30-12-11-29-2)26-21(20-16(24)9-6-10-25-20)27-19(18)14-7-4-5-8-15(14)23/h4-10,19H,3,11-13H2,1-2H3,(H,26,27). The van der Waals surface area contributed by atoms with Gasteiger partial charge in [0.15, 0.2) is 11.7 Å². The number of esters is 1. The van der Waals surface area contributed by atoms with Crippen molar-refractivity contribution in [1.29, 1.82) is 0 Å². The third-order valence-corrected chi connectivity index (χ3v) is 5.20. The van der Waals surface area contributed by atoms with E-state index in [2.05, 4.69) is 31.2 Å². The Balaban J connectivity index is 2.11. The second-order valence-electron chi connectivity index (χ2n) is 6.52. The van der Waals surface area contributed by atoms with Crippen LogP contribution in [0.3, 0.4) is 0 Å². The molecule has 0 bridgehead atoms. The van der Waals surface area contributed by atoms with Crippen LogP contribution >= 0.6 is 15.9 Å². The predicted molar refractivity (Wildman–Crippen MR) is 117 cm³/mol. The van der Waals surface area contributed by atoms with Gasteiger partial charge in [0, 0.05) is 17.8 Å². The largest absolute Gasteiger partial charge is 0.463 e. The highest BCUT2D eigenvalue weighted by molar-refractivity contribution is 9.10. The summed E-state index contributed by atoms with van der Waals surface area (Å²) < 4.78 is 31.2. The molecule has 9 heteroatoms. The highest BCUT2D eigenvalue weighted by Crippen LogP contribution is 2.36. The molecule has 1 aliphatic rings. The molecule has 0 saturated heterocycles. The maximum Gasteiger partial charge on any atom is 0.338 e. The quantitative estimate of drug-likeness (QED) is 0.426. The Labute approximate surface area is 188 Å². The molecular formula is C22H23BrFN3O4. The van der Waals surface area contributed by atoms with Crippen LogP contribution in [0.4, 0.5) is 4.39 Å². The van der Waals surface area contributed by atoms with Crippen LogP contribution in [0.25, 0.3) is 0 Å². The number of benzene rings is 1. The number of carbonyl (C=O) groups excluding carboxylic acids is 1. The molecule has 7 nitrogen and oxygen atoms in total. The predicted octanol–water partition coefficient (Wildman–Crippen LogP) is 3.55. The van der Waals surface area contributed by atoms with Gasteiger partial charge in [-0.2, -0.15) is 0 Å². The molecule has 1 unspecified atom stereocenters. The summed E-state index contributed by atoms with van der Waals surface area (Å²) in [4.78, 5) is 21.7. The SMILES string of the molecule is CCOC(=O)C1=C(COCCOC)NC(c2ncccc2F)=NC1c1ccccc1Br. The molecule has 0 saturated carbocycles. The number of nitrogens with one attached hydrogen (secondary N) is 1. The van der Waals surface area contributed by atoms with E-state index in [-0.39, 0.29) is 24.7 Å². The topological polar surface area (TPSA) is 82.0 Å². The van der Waals surface area contributed by atoms with Gasteiger partial charge in [-0.25, -0.2) is 14.2 Å². The van der Waals surface area contributed by atoms with Crippen LogP contribution in [0.1, 0.15) is 24.2 Å². The molecule has 2 heterocycles. The number of aliphatic imine (C=N–C) groups is 1. The van der Waals surface area contributed by atoms with Crippen molar-refractivity contribution in [2.75, 3.05) is 33.5 Å². The van der Waals surface area contributed by atoms with Crippen molar-refractivity contribution in [2.24, 2.45) is 4.99 Å². The summed E-state index contributed by atoms with van der Waals surface area (Å²) in [5.41, 5.74) is 1.52. The minimum atomic E-state index is -0.742. The van der Waals surface area contributed by atoms with Crippen LogP contribution in [0, 0.1) is 5.82 Å². The Morgan fingerprint density at radius 2 is 2.03 bits per heavy atom. The van der Waals surface area contributed by atoms with Crippen LogP contribution < -0.4 is 5.32 Å². The Morgan fingerprint density at radius 3 is 2.74 bits per heavy atom. The van der Waals surface area contributed by atoms with Crippen molar-refractivity contribution in [3.05, 3.63) is 75.4 Å². The number of hydrogen-bond donors (Lipinski definition) is 1. The van der Waals surface area contributed by atoms with E-state index in [4.69, 9.17) is 14.2 Å². The van der Waals surface area contributed by atoms with Gasteiger partial charge in [0.25, 0.3) is 0 Å². The van der Waals surface area contributed by atoms with E-state index in [1.807, 2.05) is 24.3 Å². The maximum absolute atomic E-state index is 14.5. The van der Waals surface area contributed by atoms with Gasteiger partial charge in [-0.05, 0) is 30.7 Å². The molecule has 1 N–H and O–H groups in total. The average molecular weight is 492 g/mol. The molecule has 0 spiro atoms. The van der Waals surface area contributed by atoms with Crippen LogP contribution in [0.5, 0.6) is 0 Å². The fourth-order valence-corrected chi connectivity index (χ4v) is 3.58. The molecule has 164 valence electrons. The van der Waals surface area contributed by atoms with Crippen LogP contribution in [0.15, 0.2) is 63.3 Å². The van der Waals surface area contributed by atoms with Gasteiger partial charge in [0.05, 0.1) is 37.7 Å². The zero-order valence-electron chi connectivity index (χ0n) is 17.2. The molecule has 1 aromatic carbocycles. The number of carbonyl (C=O) groups is 1. The molecule has 1 aliphatic heterocycles. The van der Waals surface area contributed by atoms with Gasteiger partial charge in [0.2, 0.25) is 0 Å². The Morgan fingerprint density at radius 1 is 1.23 bits per heavy atom. The van der Waals surface area contributed by atoms with Crippen molar-refractivity contribution in [1.82, 2.24) is 10.3 Å². The highest BCUT2D eigenvalue weighted by atomic mass is 79.9. The first kappa shape index (κ1) is 23.1. The number of halogens is 2. The third kappa shape index (κ3) is 5.55. The molecule has 31 heavy (non-hydrogen) atoms. The van der Waals surface area contributed by atoms with Crippen molar-refractivity contribution in [2.45, 2.75) is 13.0 Å². The molecule has 1 aromatic heterocycles. The van der Waals surface area contributed by atoms with Crippen molar-refractivity contribution in [3.8, 4) is 0 Å². The van der Waals surface area contributed by atoms with E-state index < -0.39 is 17.8 Å². The van der Waals surface area contributed by atoms with Gasteiger partial charge in [-0.15, -0.1) is 0 Å². The summed E-state index contributed by atoms with van der Waals surface area (Å²) >= 11 is 3.53. The number of ether oxygens (including phenoxy) is 3. The number of hydrogen-bond acceptors (Lipinski definition) is 7. The van der Waals surface area contributed by atoms with E-state index in [0.717, 1.165) is 10.0 Å². The maximum atomic E-state index is 14.5. The van der Waals surface area contributed by atoms with Crippen molar-refractivity contribution >= 4 is 27.7 Å². The molecule has 0 radical (unpaired) electrons. The third-order valence-electron chi connectivity index (χ3n) is 4.48. The fraction of sp³-hybridized carbons (Fsp3) is 0.318. The van der Waals surface area contributed by atoms with Crippen molar-refractivity contribution < 1.29 is 23.4 Å². The fourth-order valence-electron chi connectivity index (χ4n) is 3.08. The molecule has 0 fully saturated rings. The number of rotatable bonds is 9. The molecule has 0 aliphatic carbocycles. The lowest BCUT2D eigenvalue weighted by atomic mass is 9.95. The van der Waals surface area contributed by atoms with E-state index >= 15 is 0 Å². The molecule has 2 aromatic rings. The second kappa shape index (κ2) is 11.1. The zero-order valence-corrected chi connectivity index (χ0v) is 18.8. The number of methoxy groups -OCH3 is 1. The van der Waals surface area contributed by atoms with Crippen molar-refractivity contribution in [3.63, 3.8) is 0 Å². The number of pyridine rings is 1. The highest BCUT2D eigenvalue weighted by Gasteiger charge is 2.34. The first-order valence-corrected chi connectivity index (χ1v) is 10.5. The van der Waals surface area contributed by atoms with Gasteiger partial charge in [-0.1, -0.05) is 34.1 Å². The second-order valence-corrected chi connectivity index (χ2v) is 7.37. The van der Waals surface area contributed by atoms with Crippen LogP contribution in [0.2, 0.25) is 0 Å². The monoisotopic (exact) mass is 491 g/mol. The summed E-state index contributed by atoms with van der Waals surface area (Å²) in [6.45, 7) is 2.71. The lowest BCUT2D eigenvalue weighted by Gasteiger charge is -2.28. The number of nitrogens with zero attached hydrogens (tertiary/aromatic N) is 2. The smallest absolute Gasteiger partial charge is 0.338 e.